The Bertz CT molecular complexity index is 327. The molecule has 0 fully saturated rings. The minimum atomic E-state index is 0.634. The van der Waals surface area contributed by atoms with E-state index in [1.54, 1.807) is 12.1 Å². The molecule has 0 aliphatic carbocycles. The number of carbonyl (C=O) groups excluding carboxylic acids is 1. The van der Waals surface area contributed by atoms with Crippen LogP contribution in [-0.2, 0) is 11.2 Å². The van der Waals surface area contributed by atoms with Gasteiger partial charge in [0.15, 0.2) is 0 Å². The van der Waals surface area contributed by atoms with Crippen LogP contribution in [-0.4, -0.2) is 11.1 Å². The molecule has 0 amide bonds. The van der Waals surface area contributed by atoms with Crippen molar-refractivity contribution in [3.05, 3.63) is 23.5 Å². The van der Waals surface area contributed by atoms with Crippen molar-refractivity contribution >= 4 is 11.8 Å². The number of hydrogen-bond donors (Lipinski definition) is 0. The van der Waals surface area contributed by atoms with Gasteiger partial charge in [0, 0.05) is 11.4 Å². The minimum absolute atomic E-state index is 0.634. The van der Waals surface area contributed by atoms with Gasteiger partial charge in [-0.3, -0.25) is 4.98 Å². The van der Waals surface area contributed by atoms with E-state index in [1.165, 1.54) is 6.08 Å². The molecule has 1 aromatic rings. The molecule has 0 aromatic carbocycles. The van der Waals surface area contributed by atoms with Crippen LogP contribution in [0.15, 0.2) is 17.1 Å². The fraction of sp³-hybridized carbons (Fsp3) is 0.333. The molecule has 1 rings (SSSR count). The summed E-state index contributed by atoms with van der Waals surface area (Å²) >= 11 is 0. The summed E-state index contributed by atoms with van der Waals surface area (Å²) in [5.41, 5.74) is 2.46. The summed E-state index contributed by atoms with van der Waals surface area (Å²) in [4.78, 5) is 17.7. The van der Waals surface area contributed by atoms with Gasteiger partial charge >= 0.3 is 0 Å². The van der Waals surface area contributed by atoms with Crippen molar-refractivity contribution in [3.8, 4) is 0 Å². The molecule has 0 N–H and O–H groups in total. The molecule has 1 aromatic heterocycles. The molecule has 0 spiro atoms. The highest BCUT2D eigenvalue weighted by Crippen LogP contribution is 2.13. The van der Waals surface area contributed by atoms with Crippen LogP contribution < -0.4 is 0 Å². The van der Waals surface area contributed by atoms with Gasteiger partial charge in [-0.2, -0.15) is 4.99 Å². The third-order valence-electron chi connectivity index (χ3n) is 1.53. The van der Waals surface area contributed by atoms with Crippen molar-refractivity contribution in [1.82, 2.24) is 4.98 Å². The summed E-state index contributed by atoms with van der Waals surface area (Å²) in [5.74, 6) is 0. The van der Waals surface area contributed by atoms with Crippen LogP contribution in [0.5, 0.6) is 0 Å². The van der Waals surface area contributed by atoms with E-state index in [-0.39, 0.29) is 0 Å². The highest BCUT2D eigenvalue weighted by molar-refractivity contribution is 5.49. The monoisotopic (exact) mass is 162 g/mol. The lowest BCUT2D eigenvalue weighted by atomic mass is 10.2. The van der Waals surface area contributed by atoms with Crippen molar-refractivity contribution < 1.29 is 4.79 Å². The predicted molar refractivity (Wildman–Crippen MR) is 46.1 cm³/mol. The molecule has 0 radical (unpaired) electrons. The van der Waals surface area contributed by atoms with E-state index in [0.29, 0.717) is 5.69 Å². The van der Waals surface area contributed by atoms with E-state index < -0.39 is 0 Å². The number of aromatic nitrogens is 1. The summed E-state index contributed by atoms with van der Waals surface area (Å²) in [6, 6.07) is 3.54. The molecule has 0 aliphatic heterocycles. The van der Waals surface area contributed by atoms with Crippen LogP contribution in [0.4, 0.5) is 5.69 Å². The van der Waals surface area contributed by atoms with Gasteiger partial charge in [0.05, 0.1) is 5.69 Å². The van der Waals surface area contributed by atoms with Crippen LogP contribution >= 0.6 is 0 Å². The quantitative estimate of drug-likeness (QED) is 0.492. The Labute approximate surface area is 71.2 Å². The second kappa shape index (κ2) is 3.79. The Kier molecular flexibility index (Phi) is 2.72. The maximum atomic E-state index is 9.97. The number of pyridine rings is 1. The van der Waals surface area contributed by atoms with Crippen molar-refractivity contribution in [2.75, 3.05) is 0 Å². The second-order valence-electron chi connectivity index (χ2n) is 2.51. The Morgan fingerprint density at radius 3 is 2.92 bits per heavy atom. The zero-order valence-corrected chi connectivity index (χ0v) is 7.16. The number of aryl methyl sites for hydroxylation is 2. The maximum Gasteiger partial charge on any atom is 0.240 e. The summed E-state index contributed by atoms with van der Waals surface area (Å²) in [5, 5.41) is 0. The Morgan fingerprint density at radius 1 is 1.58 bits per heavy atom. The largest absolute Gasteiger partial charge is 0.258 e. The predicted octanol–water partition coefficient (Wildman–Crippen LogP) is 1.92. The molecule has 0 unspecified atom stereocenters. The topological polar surface area (TPSA) is 42.3 Å². The van der Waals surface area contributed by atoms with Gasteiger partial charge < -0.3 is 0 Å². The highest BCUT2D eigenvalue weighted by atomic mass is 16.1. The SMILES string of the molecule is CCc1cc(N=C=O)cc(C)n1. The zero-order valence-electron chi connectivity index (χ0n) is 7.16. The average molecular weight is 162 g/mol. The van der Waals surface area contributed by atoms with E-state index in [2.05, 4.69) is 9.98 Å². The first-order valence-corrected chi connectivity index (χ1v) is 3.81. The van der Waals surface area contributed by atoms with Crippen molar-refractivity contribution in [2.24, 2.45) is 4.99 Å². The van der Waals surface area contributed by atoms with E-state index in [9.17, 15) is 4.79 Å². The lowest BCUT2D eigenvalue weighted by Crippen LogP contribution is -1.88. The normalized spacial score (nSPS) is 9.17. The molecule has 0 bridgehead atoms. The molecule has 1 heterocycles. The molecule has 3 heteroatoms. The third-order valence-corrected chi connectivity index (χ3v) is 1.53. The van der Waals surface area contributed by atoms with Gasteiger partial charge in [-0.1, -0.05) is 6.92 Å². The first kappa shape index (κ1) is 8.62. The van der Waals surface area contributed by atoms with Crippen LogP contribution in [0.2, 0.25) is 0 Å². The first-order valence-electron chi connectivity index (χ1n) is 3.81. The lowest BCUT2D eigenvalue weighted by Gasteiger charge is -1.98. The van der Waals surface area contributed by atoms with E-state index in [0.717, 1.165) is 17.8 Å². The fourth-order valence-electron chi connectivity index (χ4n) is 1.02. The molecular weight excluding hydrogens is 152 g/mol. The van der Waals surface area contributed by atoms with E-state index in [4.69, 9.17) is 0 Å². The lowest BCUT2D eigenvalue weighted by molar-refractivity contribution is 0.565. The summed E-state index contributed by atoms with van der Waals surface area (Å²) < 4.78 is 0. The summed E-state index contributed by atoms with van der Waals surface area (Å²) in [6.07, 6.45) is 2.36. The van der Waals surface area contributed by atoms with Gasteiger partial charge in [0.2, 0.25) is 6.08 Å². The Hall–Kier alpha value is -1.47. The van der Waals surface area contributed by atoms with Gasteiger partial charge in [0.1, 0.15) is 0 Å². The van der Waals surface area contributed by atoms with Crippen LogP contribution in [0, 0.1) is 6.92 Å². The number of rotatable bonds is 2. The van der Waals surface area contributed by atoms with Gasteiger partial charge in [-0.15, -0.1) is 0 Å². The highest BCUT2D eigenvalue weighted by Gasteiger charge is 1.96. The van der Waals surface area contributed by atoms with Gasteiger partial charge in [-0.05, 0) is 25.5 Å². The molecule has 12 heavy (non-hydrogen) atoms. The number of isocyanates is 1. The van der Waals surface area contributed by atoms with Crippen LogP contribution in [0.1, 0.15) is 18.3 Å². The molecule has 0 aliphatic rings. The van der Waals surface area contributed by atoms with Crippen molar-refractivity contribution in [3.63, 3.8) is 0 Å². The van der Waals surface area contributed by atoms with E-state index >= 15 is 0 Å². The molecule has 3 nitrogen and oxygen atoms in total. The average Bonchev–Trinajstić information content (AvgIpc) is 2.04. The minimum Gasteiger partial charge on any atom is -0.258 e. The Balaban J connectivity index is 3.14. The van der Waals surface area contributed by atoms with Crippen LogP contribution in [0.25, 0.3) is 0 Å². The van der Waals surface area contributed by atoms with E-state index in [1.807, 2.05) is 13.8 Å². The molecule has 0 saturated heterocycles. The number of nitrogens with zero attached hydrogens (tertiary/aromatic N) is 2. The first-order chi connectivity index (χ1) is 5.76. The summed E-state index contributed by atoms with van der Waals surface area (Å²) in [6.45, 7) is 3.89. The number of hydrogen-bond acceptors (Lipinski definition) is 3. The smallest absolute Gasteiger partial charge is 0.240 e. The number of aliphatic imine (C=N–C) groups is 1. The Morgan fingerprint density at radius 2 is 2.33 bits per heavy atom. The maximum absolute atomic E-state index is 9.97. The van der Waals surface area contributed by atoms with Crippen molar-refractivity contribution in [2.45, 2.75) is 20.3 Å². The third kappa shape index (κ3) is 2.01. The van der Waals surface area contributed by atoms with Gasteiger partial charge in [-0.25, -0.2) is 4.79 Å². The fourth-order valence-corrected chi connectivity index (χ4v) is 1.02. The van der Waals surface area contributed by atoms with Crippen LogP contribution in [0.3, 0.4) is 0 Å². The molecular formula is C9H10N2O. The zero-order chi connectivity index (χ0) is 8.97. The van der Waals surface area contributed by atoms with Gasteiger partial charge in [0.25, 0.3) is 0 Å². The summed E-state index contributed by atoms with van der Waals surface area (Å²) in [7, 11) is 0. The standard InChI is InChI=1S/C9H10N2O/c1-3-8-5-9(10-6-12)4-7(2)11-8/h4-5H,3H2,1-2H3. The molecule has 62 valence electrons. The van der Waals surface area contributed by atoms with Crippen molar-refractivity contribution in [1.29, 1.82) is 0 Å². The molecule has 0 atom stereocenters. The second-order valence-corrected chi connectivity index (χ2v) is 2.51. The molecule has 0 saturated carbocycles.